The summed E-state index contributed by atoms with van der Waals surface area (Å²) >= 11 is 0. The first kappa shape index (κ1) is 34.1. The molecule has 0 unspecified atom stereocenters. The minimum atomic E-state index is -0.981. The molecule has 202 valence electrons. The van der Waals surface area contributed by atoms with E-state index >= 15 is 0 Å². The zero-order chi connectivity index (χ0) is 23.9. The number of carbonyl (C=O) groups excluding carboxylic acids is 1. The molecule has 0 amide bonds. The van der Waals surface area contributed by atoms with Crippen LogP contribution in [0.5, 0.6) is 0 Å². The van der Waals surface area contributed by atoms with Crippen LogP contribution in [0.25, 0.3) is 0 Å². The van der Waals surface area contributed by atoms with Crippen LogP contribution in [0.2, 0.25) is 0 Å². The number of hydrogen-bond acceptors (Lipinski definition) is 5. The normalized spacial score (nSPS) is 11.6. The van der Waals surface area contributed by atoms with Gasteiger partial charge in [0.2, 0.25) is 0 Å². The van der Waals surface area contributed by atoms with Crippen molar-refractivity contribution in [2.75, 3.05) is 29.5 Å². The van der Waals surface area contributed by atoms with Crippen molar-refractivity contribution in [1.29, 1.82) is 0 Å². The number of carboxylic acids is 1. The summed E-state index contributed by atoms with van der Waals surface area (Å²) in [6.07, 6.45) is 3.97. The molecule has 2 aliphatic heterocycles. The highest BCUT2D eigenvalue weighted by molar-refractivity contribution is 6.02. The number of nitrogens with one attached hydrogen (secondary N) is 2. The molecule has 0 aliphatic carbocycles. The van der Waals surface area contributed by atoms with Crippen LogP contribution in [-0.4, -0.2) is 29.9 Å². The summed E-state index contributed by atoms with van der Waals surface area (Å²) < 4.78 is 0. The maximum atomic E-state index is 11.2. The smallest absolute Gasteiger partial charge is 0.327 e. The Morgan fingerprint density at radius 3 is 1.89 bits per heavy atom. The zero-order valence-electron chi connectivity index (χ0n) is 18.7. The molecule has 3 aromatic rings. The molecule has 0 aromatic heterocycles. The van der Waals surface area contributed by atoms with E-state index in [4.69, 9.17) is 10.8 Å². The second-order valence-corrected chi connectivity index (χ2v) is 7.29. The summed E-state index contributed by atoms with van der Waals surface area (Å²) in [6.45, 7) is 4.87. The third-order valence-electron chi connectivity index (χ3n) is 4.82. The van der Waals surface area contributed by atoms with E-state index < -0.39 is 5.97 Å². The minimum absolute atomic E-state index is 0. The van der Waals surface area contributed by atoms with Gasteiger partial charge in [-0.15, -0.1) is 0 Å². The average molecular weight is 503 g/mol. The lowest BCUT2D eigenvalue weighted by Crippen LogP contribution is -2.17. The van der Waals surface area contributed by atoms with E-state index in [1.807, 2.05) is 54.6 Å². The van der Waals surface area contributed by atoms with Crippen molar-refractivity contribution in [2.45, 2.75) is 41.5 Å². The van der Waals surface area contributed by atoms with E-state index in [0.717, 1.165) is 36.1 Å². The van der Waals surface area contributed by atoms with E-state index in [9.17, 15) is 9.59 Å². The van der Waals surface area contributed by atoms with Gasteiger partial charge in [0.1, 0.15) is 0 Å². The number of benzene rings is 3. The molecule has 6 heteroatoms. The molecule has 0 saturated carbocycles. The number of fused-ring (bicyclic) bond motifs is 2. The summed E-state index contributed by atoms with van der Waals surface area (Å²) in [5.41, 5.74) is 10.8. The summed E-state index contributed by atoms with van der Waals surface area (Å²) in [5, 5.41) is 14.1. The minimum Gasteiger partial charge on any atom is -0.478 e. The van der Waals surface area contributed by atoms with Gasteiger partial charge in [-0.05, 0) is 48.7 Å². The molecule has 0 saturated heterocycles. The van der Waals surface area contributed by atoms with Gasteiger partial charge in [-0.2, -0.15) is 0 Å². The summed E-state index contributed by atoms with van der Waals surface area (Å²) in [4.78, 5) is 20.5. The molecule has 3 aromatic carbocycles. The fourth-order valence-electron chi connectivity index (χ4n) is 3.19. The van der Waals surface area contributed by atoms with Gasteiger partial charge in [-0.25, -0.2) is 4.79 Å². The maximum absolute atomic E-state index is 11.2. The summed E-state index contributed by atoms with van der Waals surface area (Å²) in [7, 11) is 0. The van der Waals surface area contributed by atoms with Crippen LogP contribution in [-0.2, 0) is 11.2 Å². The van der Waals surface area contributed by atoms with Crippen LogP contribution < -0.4 is 16.4 Å². The van der Waals surface area contributed by atoms with Crippen molar-refractivity contribution >= 4 is 28.8 Å². The number of carbonyl (C=O) groups is 2. The SMILES string of the molecule is C.C.C.C=CC(=O)O.Nc1ccccc1.O=C1CCNc2ccccc21.[2HH].[2HH].[2HH].c1ccc2c(c1)CCCN2. The van der Waals surface area contributed by atoms with Gasteiger partial charge in [-0.1, -0.05) is 77.4 Å². The van der Waals surface area contributed by atoms with E-state index in [2.05, 4.69) is 41.5 Å². The van der Waals surface area contributed by atoms with Crippen LogP contribution in [0.4, 0.5) is 17.1 Å². The van der Waals surface area contributed by atoms with Crippen molar-refractivity contribution in [2.24, 2.45) is 0 Å². The number of aryl methyl sites for hydroxylation is 1. The van der Waals surface area contributed by atoms with Crippen molar-refractivity contribution in [1.82, 2.24) is 0 Å². The van der Waals surface area contributed by atoms with Crippen LogP contribution in [0.1, 0.15) is 55.3 Å². The largest absolute Gasteiger partial charge is 0.478 e. The summed E-state index contributed by atoms with van der Waals surface area (Å²) in [5.74, 6) is -0.732. The molecule has 0 spiro atoms. The van der Waals surface area contributed by atoms with E-state index in [-0.39, 0.29) is 32.3 Å². The van der Waals surface area contributed by atoms with Crippen molar-refractivity contribution in [3.8, 4) is 0 Å². The number of anilines is 3. The quantitative estimate of drug-likeness (QED) is 0.199. The van der Waals surface area contributed by atoms with Gasteiger partial charge in [0.05, 0.1) is 0 Å². The van der Waals surface area contributed by atoms with Gasteiger partial charge in [0.15, 0.2) is 5.78 Å². The van der Waals surface area contributed by atoms with Crippen molar-refractivity contribution in [3.05, 3.63) is 103 Å². The third-order valence-corrected chi connectivity index (χ3v) is 4.82. The molecule has 0 atom stereocenters. The van der Waals surface area contributed by atoms with E-state index in [1.165, 1.54) is 24.1 Å². The zero-order valence-corrected chi connectivity index (χ0v) is 18.7. The first-order chi connectivity index (χ1) is 16.0. The molecule has 0 bridgehead atoms. The molecule has 36 heavy (non-hydrogen) atoms. The predicted molar refractivity (Wildman–Crippen MR) is 162 cm³/mol. The Bertz CT molecular complexity index is 1030. The highest BCUT2D eigenvalue weighted by Crippen LogP contribution is 2.21. The number of aliphatic carboxylic acids is 1. The molecule has 5 N–H and O–H groups in total. The fourth-order valence-corrected chi connectivity index (χ4v) is 3.19. The van der Waals surface area contributed by atoms with Crippen molar-refractivity contribution < 1.29 is 19.0 Å². The van der Waals surface area contributed by atoms with E-state index in [1.54, 1.807) is 0 Å². The Morgan fingerprint density at radius 1 is 0.833 bits per heavy atom. The molecular weight excluding hydrogens is 450 g/mol. The van der Waals surface area contributed by atoms with Gasteiger partial charge >= 0.3 is 5.97 Å². The molecule has 2 aliphatic rings. The van der Waals surface area contributed by atoms with Crippen LogP contribution in [0.15, 0.2) is 91.5 Å². The maximum Gasteiger partial charge on any atom is 0.327 e. The summed E-state index contributed by atoms with van der Waals surface area (Å²) in [6, 6.07) is 25.6. The van der Waals surface area contributed by atoms with Crippen molar-refractivity contribution in [3.63, 3.8) is 0 Å². The first-order valence-corrected chi connectivity index (χ1v) is 10.8. The molecule has 0 radical (unpaired) electrons. The van der Waals surface area contributed by atoms with Gasteiger partial charge in [0, 0.05) is 52.5 Å². The van der Waals surface area contributed by atoms with E-state index in [0.29, 0.717) is 6.42 Å². The third kappa shape index (κ3) is 12.4. The molecule has 6 nitrogen and oxygen atoms in total. The highest BCUT2D eigenvalue weighted by Gasteiger charge is 2.14. The second-order valence-electron chi connectivity index (χ2n) is 7.29. The lowest BCUT2D eigenvalue weighted by Gasteiger charge is -2.16. The fraction of sp³-hybridized carbons (Fsp3) is 0.267. The molecule has 0 fully saturated rings. The van der Waals surface area contributed by atoms with Crippen LogP contribution in [0, 0.1) is 0 Å². The van der Waals surface area contributed by atoms with Crippen LogP contribution in [0.3, 0.4) is 0 Å². The second kappa shape index (κ2) is 19.3. The number of ketones is 1. The lowest BCUT2D eigenvalue weighted by atomic mass is 10.0. The standard InChI is InChI=1S/C9H9NO.C9H11N.C6H7N.C3H4O2.3CH4.3H2/c11-9-5-6-10-8-4-2-1-3-7(8)9;1-2-6-9-8(4-1)5-3-7-10-9;7-6-4-2-1-3-5-6;1-2-3(4)5;;;;;;/h1-4,10H,5-6H2;1-2,4,6,10H,3,5,7H2;1-5H,7H2;2H,1H2,(H,4,5);3*1H4;3*1H/i;;;;;;;3*1+1. The molecule has 2 heterocycles. The number of carboxylic acid groups (broad SMARTS) is 1. The Kier molecular flexibility index (Phi) is 18.3. The molecule has 5 rings (SSSR count). The Morgan fingerprint density at radius 2 is 1.36 bits per heavy atom. The Hall–Kier alpha value is -4.06. The van der Waals surface area contributed by atoms with Gasteiger partial charge in [0.25, 0.3) is 0 Å². The number of rotatable bonds is 1. The monoisotopic (exact) mass is 502 g/mol. The Balaban J connectivity index is -0.000000130. The first-order valence-electron chi connectivity index (χ1n) is 10.8. The van der Waals surface area contributed by atoms with Crippen LogP contribution >= 0.6 is 0 Å². The average Bonchev–Trinajstić information content (AvgIpc) is 2.86. The van der Waals surface area contributed by atoms with Gasteiger partial charge < -0.3 is 21.5 Å². The number of hydrogen-bond donors (Lipinski definition) is 4. The number of nitrogens with two attached hydrogens (primary N) is 1. The van der Waals surface area contributed by atoms with Gasteiger partial charge in [-0.3, -0.25) is 4.79 Å². The topological polar surface area (TPSA) is 104 Å². The molecular formula is C30H49N3O3. The Labute approximate surface area is 221 Å². The number of para-hydroxylation sites is 3. The number of nitrogen functional groups attached to an aromatic ring is 1. The lowest BCUT2D eigenvalue weighted by molar-refractivity contribution is -0.131. The highest BCUT2D eigenvalue weighted by atomic mass is 16.4. The predicted octanol–water partition coefficient (Wildman–Crippen LogP) is 7.90. The number of Topliss-reactive ketones (excluding diaryl/α,β-unsaturated/α-hetero) is 1.